The van der Waals surface area contributed by atoms with Crippen molar-refractivity contribution in [2.45, 2.75) is 25.6 Å². The van der Waals surface area contributed by atoms with E-state index in [1.54, 1.807) is 6.92 Å². The molecule has 0 bridgehead atoms. The number of benzene rings is 1. The second-order valence-electron chi connectivity index (χ2n) is 6.36. The maximum absolute atomic E-state index is 12.9. The summed E-state index contributed by atoms with van der Waals surface area (Å²) in [7, 11) is 1.30. The number of hydrogen-bond donors (Lipinski definition) is 1. The van der Waals surface area contributed by atoms with Gasteiger partial charge in [0.1, 0.15) is 11.8 Å². The summed E-state index contributed by atoms with van der Waals surface area (Å²) >= 11 is 6.06. The van der Waals surface area contributed by atoms with Crippen LogP contribution in [0.25, 0.3) is 22.6 Å². The van der Waals surface area contributed by atoms with E-state index in [4.69, 9.17) is 20.8 Å². The summed E-state index contributed by atoms with van der Waals surface area (Å²) in [5.41, 5.74) is -0.229. The van der Waals surface area contributed by atoms with E-state index >= 15 is 0 Å². The first-order chi connectivity index (χ1) is 14.6. The number of rotatable bonds is 6. The Labute approximate surface area is 177 Å². The number of carbonyl (C=O) groups is 1. The predicted octanol–water partition coefficient (Wildman–Crippen LogP) is 4.28. The van der Waals surface area contributed by atoms with Crippen molar-refractivity contribution in [3.05, 3.63) is 51.7 Å². The molecule has 0 radical (unpaired) electrons. The van der Waals surface area contributed by atoms with Crippen molar-refractivity contribution in [2.24, 2.45) is 0 Å². The summed E-state index contributed by atoms with van der Waals surface area (Å²) in [6, 6.07) is 4.15. The van der Waals surface area contributed by atoms with Gasteiger partial charge in [-0.05, 0) is 30.2 Å². The van der Waals surface area contributed by atoms with Gasteiger partial charge in [0, 0.05) is 22.2 Å². The van der Waals surface area contributed by atoms with E-state index in [0.29, 0.717) is 0 Å². The van der Waals surface area contributed by atoms with Gasteiger partial charge in [0.2, 0.25) is 5.89 Å². The van der Waals surface area contributed by atoms with Crippen molar-refractivity contribution in [3.63, 3.8) is 0 Å². The lowest BCUT2D eigenvalue weighted by Crippen LogP contribution is -2.29. The quantitative estimate of drug-likeness (QED) is 0.588. The number of hydrogen-bond acceptors (Lipinski definition) is 6. The third-order valence-electron chi connectivity index (χ3n) is 4.44. The Balaban J connectivity index is 2.23. The molecule has 0 amide bonds. The van der Waals surface area contributed by atoms with Crippen LogP contribution in [0.1, 0.15) is 25.3 Å². The molecule has 3 aromatic rings. The highest BCUT2D eigenvalue weighted by Crippen LogP contribution is 2.39. The van der Waals surface area contributed by atoms with Crippen molar-refractivity contribution in [3.8, 4) is 28.3 Å². The second kappa shape index (κ2) is 8.42. The lowest BCUT2D eigenvalue weighted by molar-refractivity contribution is -0.157. The Morgan fingerprint density at radius 3 is 2.52 bits per heavy atom. The smallest absolute Gasteiger partial charge is 0.470 e. The normalized spacial score (nSPS) is 12.6. The van der Waals surface area contributed by atoms with Crippen molar-refractivity contribution in [2.75, 3.05) is 7.11 Å². The number of carboxylic acids is 1. The van der Waals surface area contributed by atoms with Crippen LogP contribution in [0.15, 0.2) is 39.7 Å². The molecule has 1 atom stereocenters. The third kappa shape index (κ3) is 4.41. The second-order valence-corrected chi connectivity index (χ2v) is 6.80. The molecule has 31 heavy (non-hydrogen) atoms. The first-order valence-electron chi connectivity index (χ1n) is 8.80. The van der Waals surface area contributed by atoms with Gasteiger partial charge in [-0.25, -0.2) is 4.79 Å². The zero-order chi connectivity index (χ0) is 22.9. The van der Waals surface area contributed by atoms with Crippen LogP contribution in [0.5, 0.6) is 5.75 Å². The third-order valence-corrected chi connectivity index (χ3v) is 4.68. The average molecular weight is 458 g/mol. The summed E-state index contributed by atoms with van der Waals surface area (Å²) in [4.78, 5) is 24.1. The number of nitrogens with zero attached hydrogens (tertiary/aromatic N) is 3. The molecule has 2 heterocycles. The number of aliphatic carboxylic acids is 1. The van der Waals surface area contributed by atoms with Crippen LogP contribution in [-0.2, 0) is 11.0 Å². The van der Waals surface area contributed by atoms with Crippen LogP contribution in [0.3, 0.4) is 0 Å². The summed E-state index contributed by atoms with van der Waals surface area (Å²) in [6.07, 6.45) is -3.47. The Kier molecular flexibility index (Phi) is 6.07. The van der Waals surface area contributed by atoms with E-state index in [2.05, 4.69) is 10.2 Å². The molecule has 12 heteroatoms. The Morgan fingerprint density at radius 1 is 1.26 bits per heavy atom. The minimum absolute atomic E-state index is 0.0770. The van der Waals surface area contributed by atoms with Crippen LogP contribution >= 0.6 is 11.6 Å². The number of halogens is 4. The van der Waals surface area contributed by atoms with Gasteiger partial charge in [0.05, 0.1) is 13.3 Å². The van der Waals surface area contributed by atoms with Crippen molar-refractivity contribution >= 4 is 17.6 Å². The topological polar surface area (TPSA) is 107 Å². The van der Waals surface area contributed by atoms with Crippen LogP contribution in [0.4, 0.5) is 13.2 Å². The number of pyridine rings is 1. The minimum atomic E-state index is -4.83. The van der Waals surface area contributed by atoms with Crippen molar-refractivity contribution in [1.82, 2.24) is 14.8 Å². The number of aromatic nitrogens is 3. The van der Waals surface area contributed by atoms with E-state index in [1.807, 2.05) is 0 Å². The summed E-state index contributed by atoms with van der Waals surface area (Å²) < 4.78 is 49.7. The van der Waals surface area contributed by atoms with Gasteiger partial charge in [0.15, 0.2) is 0 Å². The Bertz CT molecular complexity index is 1190. The van der Waals surface area contributed by atoms with E-state index in [0.717, 1.165) is 10.6 Å². The SMILES string of the molecule is CCC(C(=O)O)n1cc(OC)c(-c2cc(Cl)ccc2-c2nnc(C(F)(F)F)o2)cc1=O. The molecular formula is C19H15ClF3N3O5. The van der Waals surface area contributed by atoms with Gasteiger partial charge in [-0.2, -0.15) is 13.2 Å². The minimum Gasteiger partial charge on any atom is -0.495 e. The molecule has 1 unspecified atom stereocenters. The van der Waals surface area contributed by atoms with Crippen molar-refractivity contribution < 1.29 is 32.2 Å². The maximum Gasteiger partial charge on any atom is 0.470 e. The number of methoxy groups -OCH3 is 1. The van der Waals surface area contributed by atoms with Crippen molar-refractivity contribution in [1.29, 1.82) is 0 Å². The fraction of sp³-hybridized carbons (Fsp3) is 0.263. The zero-order valence-corrected chi connectivity index (χ0v) is 16.9. The lowest BCUT2D eigenvalue weighted by Gasteiger charge is -2.18. The molecule has 0 spiro atoms. The van der Waals surface area contributed by atoms with E-state index < -0.39 is 35.5 Å². The average Bonchev–Trinajstić information content (AvgIpc) is 3.19. The van der Waals surface area contributed by atoms with Crippen LogP contribution in [0, 0.1) is 0 Å². The summed E-state index contributed by atoms with van der Waals surface area (Å²) in [6.45, 7) is 1.61. The molecule has 1 aromatic carbocycles. The molecule has 164 valence electrons. The van der Waals surface area contributed by atoms with Gasteiger partial charge in [-0.3, -0.25) is 9.36 Å². The Hall–Kier alpha value is -3.34. The van der Waals surface area contributed by atoms with Gasteiger partial charge in [0.25, 0.3) is 5.56 Å². The Morgan fingerprint density at radius 2 is 1.97 bits per heavy atom. The molecule has 2 aromatic heterocycles. The summed E-state index contributed by atoms with van der Waals surface area (Å²) in [5, 5.41) is 16.0. The largest absolute Gasteiger partial charge is 0.495 e. The molecule has 0 saturated carbocycles. The monoisotopic (exact) mass is 457 g/mol. The lowest BCUT2D eigenvalue weighted by atomic mass is 9.99. The maximum atomic E-state index is 12.9. The molecule has 1 N–H and O–H groups in total. The standard InChI is InChI=1S/C19H15ClF3N3O5/c1-3-13(17(28)29)26-8-14(30-2)12(7-15(26)27)11-6-9(20)4-5-10(11)16-24-25-18(31-16)19(21,22)23/h4-8,13H,3H2,1-2H3,(H,28,29). The molecular weight excluding hydrogens is 443 g/mol. The van der Waals surface area contributed by atoms with Gasteiger partial charge in [-0.15, -0.1) is 10.2 Å². The number of carboxylic acid groups (broad SMARTS) is 1. The van der Waals surface area contributed by atoms with E-state index in [9.17, 15) is 27.9 Å². The highest BCUT2D eigenvalue weighted by Gasteiger charge is 2.38. The molecule has 0 fully saturated rings. The molecule has 0 aliphatic heterocycles. The fourth-order valence-corrected chi connectivity index (χ4v) is 3.18. The molecule has 0 aliphatic carbocycles. The van der Waals surface area contributed by atoms with Crippen LogP contribution < -0.4 is 10.3 Å². The van der Waals surface area contributed by atoms with E-state index in [1.165, 1.54) is 31.5 Å². The number of alkyl halides is 3. The zero-order valence-electron chi connectivity index (χ0n) is 16.1. The first kappa shape index (κ1) is 22.3. The van der Waals surface area contributed by atoms with Gasteiger partial charge in [-0.1, -0.05) is 18.5 Å². The van der Waals surface area contributed by atoms with Gasteiger partial charge >= 0.3 is 18.0 Å². The fourth-order valence-electron chi connectivity index (χ4n) is 3.01. The highest BCUT2D eigenvalue weighted by atomic mass is 35.5. The summed E-state index contributed by atoms with van der Waals surface area (Å²) in [5.74, 6) is -3.08. The molecule has 3 rings (SSSR count). The molecule has 8 nitrogen and oxygen atoms in total. The highest BCUT2D eigenvalue weighted by molar-refractivity contribution is 6.31. The van der Waals surface area contributed by atoms with Gasteiger partial charge < -0.3 is 14.3 Å². The van der Waals surface area contributed by atoms with Crippen LogP contribution in [-0.4, -0.2) is 33.0 Å². The number of ether oxygens (including phenoxy) is 1. The first-order valence-corrected chi connectivity index (χ1v) is 9.18. The van der Waals surface area contributed by atoms with Crippen LogP contribution in [0.2, 0.25) is 5.02 Å². The molecule has 0 saturated heterocycles. The predicted molar refractivity (Wildman–Crippen MR) is 103 cm³/mol. The molecule has 0 aliphatic rings. The van der Waals surface area contributed by atoms with E-state index in [-0.39, 0.29) is 33.9 Å².